The summed E-state index contributed by atoms with van der Waals surface area (Å²) in [5, 5.41) is 0.489. The van der Waals surface area contributed by atoms with Gasteiger partial charge in [-0.3, -0.25) is 14.0 Å². The maximum atomic E-state index is 13.6. The number of hydrogen-bond acceptors (Lipinski definition) is 5. The van der Waals surface area contributed by atoms with Gasteiger partial charge in [-0.05, 0) is 56.7 Å². The summed E-state index contributed by atoms with van der Waals surface area (Å²) in [4.78, 5) is 34.4. The van der Waals surface area contributed by atoms with Crippen molar-refractivity contribution in [1.29, 1.82) is 0 Å². The third-order valence-electron chi connectivity index (χ3n) is 6.08. The number of aryl methyl sites for hydroxylation is 1. The molecule has 4 rings (SSSR count). The summed E-state index contributed by atoms with van der Waals surface area (Å²) < 4.78 is 7.71. The fraction of sp³-hybridized carbons (Fsp3) is 0.522. The van der Waals surface area contributed by atoms with Crippen LogP contribution in [0.5, 0.6) is 0 Å². The zero-order valence-electron chi connectivity index (χ0n) is 18.3. The molecule has 0 unspecified atom stereocenters. The zero-order valence-corrected chi connectivity index (χ0v) is 19.1. The summed E-state index contributed by atoms with van der Waals surface area (Å²) >= 11 is 1.30. The molecule has 0 N–H and O–H groups in total. The standard InChI is InChI=1S/C23H29N3O3S/c1-6-16-13-29-23(5,10-9-14(2)3)26(16)22(28)18-12-17-20(30-18)24-19-15(4)8-7-11-25(19)21(17)27/h7-8,11-12,14,16H,6,9-10,13H2,1-5H3/t16-,23+/m0/s1. The number of carbonyl (C=O) groups is 1. The van der Waals surface area contributed by atoms with Gasteiger partial charge in [0.05, 0.1) is 22.9 Å². The molecular formula is C23H29N3O3S. The number of amides is 1. The van der Waals surface area contributed by atoms with E-state index in [0.29, 0.717) is 33.3 Å². The highest BCUT2D eigenvalue weighted by molar-refractivity contribution is 7.20. The molecule has 0 aliphatic carbocycles. The Morgan fingerprint density at radius 1 is 1.43 bits per heavy atom. The fourth-order valence-electron chi connectivity index (χ4n) is 4.22. The predicted octanol–water partition coefficient (Wildman–Crippen LogP) is 4.62. The first-order valence-corrected chi connectivity index (χ1v) is 11.5. The fourth-order valence-corrected chi connectivity index (χ4v) is 5.18. The second-order valence-corrected chi connectivity index (χ2v) is 9.82. The van der Waals surface area contributed by atoms with Crippen molar-refractivity contribution in [3.05, 3.63) is 45.2 Å². The van der Waals surface area contributed by atoms with Crippen molar-refractivity contribution in [2.75, 3.05) is 6.61 Å². The molecule has 3 aromatic heterocycles. The lowest BCUT2D eigenvalue weighted by Crippen LogP contribution is -2.49. The molecule has 4 heterocycles. The molecule has 1 fully saturated rings. The van der Waals surface area contributed by atoms with Gasteiger partial charge in [-0.25, -0.2) is 4.98 Å². The monoisotopic (exact) mass is 427 g/mol. The van der Waals surface area contributed by atoms with Gasteiger partial charge in [-0.1, -0.05) is 26.8 Å². The Bertz CT molecular complexity index is 1170. The van der Waals surface area contributed by atoms with Crippen molar-refractivity contribution in [1.82, 2.24) is 14.3 Å². The third-order valence-corrected chi connectivity index (χ3v) is 7.10. The van der Waals surface area contributed by atoms with Gasteiger partial charge >= 0.3 is 0 Å². The Labute approximate surface area is 180 Å². The lowest BCUT2D eigenvalue weighted by atomic mass is 9.99. The minimum atomic E-state index is -0.623. The molecule has 0 bridgehead atoms. The highest BCUT2D eigenvalue weighted by Crippen LogP contribution is 2.37. The summed E-state index contributed by atoms with van der Waals surface area (Å²) in [5.74, 6) is 0.464. The van der Waals surface area contributed by atoms with Crippen LogP contribution in [0.2, 0.25) is 0 Å². The third kappa shape index (κ3) is 3.44. The van der Waals surface area contributed by atoms with Crippen molar-refractivity contribution in [3.8, 4) is 0 Å². The SMILES string of the molecule is CC[C@H]1CO[C@](C)(CCC(C)C)N1C(=O)c1cc2c(=O)n3cccc(C)c3nc2s1. The lowest BCUT2D eigenvalue weighted by Gasteiger charge is -2.36. The molecule has 2 atom stereocenters. The van der Waals surface area contributed by atoms with Gasteiger partial charge in [0.1, 0.15) is 16.2 Å². The van der Waals surface area contributed by atoms with Gasteiger partial charge in [-0.2, -0.15) is 0 Å². The minimum Gasteiger partial charge on any atom is -0.354 e. The maximum absolute atomic E-state index is 13.6. The van der Waals surface area contributed by atoms with E-state index in [1.54, 1.807) is 16.7 Å². The summed E-state index contributed by atoms with van der Waals surface area (Å²) in [7, 11) is 0. The number of fused-ring (bicyclic) bond motifs is 2. The number of aromatic nitrogens is 2. The molecule has 1 saturated heterocycles. The van der Waals surface area contributed by atoms with E-state index >= 15 is 0 Å². The Morgan fingerprint density at radius 3 is 2.90 bits per heavy atom. The first kappa shape index (κ1) is 21.0. The number of ether oxygens (including phenoxy) is 1. The van der Waals surface area contributed by atoms with E-state index in [1.165, 1.54) is 11.3 Å². The van der Waals surface area contributed by atoms with Crippen molar-refractivity contribution in [2.45, 2.75) is 65.6 Å². The van der Waals surface area contributed by atoms with Crippen LogP contribution in [0.25, 0.3) is 15.9 Å². The molecule has 1 aliphatic rings. The van der Waals surface area contributed by atoms with Crippen molar-refractivity contribution >= 4 is 33.1 Å². The van der Waals surface area contributed by atoms with Crippen LogP contribution < -0.4 is 5.56 Å². The smallest absolute Gasteiger partial charge is 0.266 e. The Balaban J connectivity index is 1.77. The van der Waals surface area contributed by atoms with Crippen LogP contribution in [-0.2, 0) is 4.74 Å². The predicted molar refractivity (Wildman–Crippen MR) is 120 cm³/mol. The van der Waals surface area contributed by atoms with E-state index in [9.17, 15) is 9.59 Å². The maximum Gasteiger partial charge on any atom is 0.266 e. The van der Waals surface area contributed by atoms with E-state index in [-0.39, 0.29) is 17.5 Å². The second kappa shape index (κ2) is 7.78. The van der Waals surface area contributed by atoms with E-state index in [1.807, 2.05) is 30.9 Å². The van der Waals surface area contributed by atoms with E-state index in [4.69, 9.17) is 4.74 Å². The molecule has 7 heteroatoms. The summed E-state index contributed by atoms with van der Waals surface area (Å²) in [6.07, 6.45) is 4.33. The Morgan fingerprint density at radius 2 is 2.20 bits per heavy atom. The summed E-state index contributed by atoms with van der Waals surface area (Å²) in [6.45, 7) is 10.9. The van der Waals surface area contributed by atoms with Crippen LogP contribution in [0.1, 0.15) is 62.2 Å². The average Bonchev–Trinajstić information content (AvgIpc) is 3.29. The first-order chi connectivity index (χ1) is 14.2. The molecule has 1 amide bonds. The summed E-state index contributed by atoms with van der Waals surface area (Å²) in [5.41, 5.74) is 0.801. The number of thiophene rings is 1. The molecule has 0 saturated carbocycles. The number of hydrogen-bond donors (Lipinski definition) is 0. The van der Waals surface area contributed by atoms with Gasteiger partial charge < -0.3 is 9.64 Å². The van der Waals surface area contributed by atoms with Gasteiger partial charge in [0.2, 0.25) is 0 Å². The molecule has 1 aliphatic heterocycles. The number of rotatable bonds is 5. The number of carbonyl (C=O) groups excluding carboxylic acids is 1. The zero-order chi connectivity index (χ0) is 21.6. The van der Waals surface area contributed by atoms with E-state index < -0.39 is 5.72 Å². The molecule has 6 nitrogen and oxygen atoms in total. The van der Waals surface area contributed by atoms with Crippen molar-refractivity contribution in [2.24, 2.45) is 5.92 Å². The van der Waals surface area contributed by atoms with Crippen LogP contribution in [0.3, 0.4) is 0 Å². The number of nitrogens with zero attached hydrogens (tertiary/aromatic N) is 3. The molecule has 0 spiro atoms. The van der Waals surface area contributed by atoms with Crippen LogP contribution in [0.15, 0.2) is 29.2 Å². The molecule has 160 valence electrons. The largest absolute Gasteiger partial charge is 0.354 e. The van der Waals surface area contributed by atoms with Gasteiger partial charge in [0, 0.05) is 6.20 Å². The summed E-state index contributed by atoms with van der Waals surface area (Å²) in [6, 6.07) is 5.51. The quantitative estimate of drug-likeness (QED) is 0.596. The first-order valence-electron chi connectivity index (χ1n) is 10.6. The van der Waals surface area contributed by atoms with Crippen molar-refractivity contribution < 1.29 is 9.53 Å². The Kier molecular flexibility index (Phi) is 5.45. The van der Waals surface area contributed by atoms with Gasteiger partial charge in [-0.15, -0.1) is 11.3 Å². The molecule has 0 radical (unpaired) electrons. The average molecular weight is 428 g/mol. The van der Waals surface area contributed by atoms with Crippen LogP contribution in [0.4, 0.5) is 0 Å². The van der Waals surface area contributed by atoms with E-state index in [0.717, 1.165) is 24.8 Å². The topological polar surface area (TPSA) is 63.9 Å². The van der Waals surface area contributed by atoms with Crippen LogP contribution in [0, 0.1) is 12.8 Å². The second-order valence-electron chi connectivity index (χ2n) is 8.79. The van der Waals surface area contributed by atoms with Crippen LogP contribution in [-0.4, -0.2) is 38.6 Å². The lowest BCUT2D eigenvalue weighted by molar-refractivity contribution is -0.0639. The minimum absolute atomic E-state index is 0.0373. The van der Waals surface area contributed by atoms with Gasteiger partial charge in [0.25, 0.3) is 11.5 Å². The molecule has 3 aromatic rings. The molecule has 0 aromatic carbocycles. The number of pyridine rings is 1. The molecular weight excluding hydrogens is 398 g/mol. The molecule has 30 heavy (non-hydrogen) atoms. The van der Waals surface area contributed by atoms with Gasteiger partial charge in [0.15, 0.2) is 0 Å². The van der Waals surface area contributed by atoms with Crippen molar-refractivity contribution in [3.63, 3.8) is 0 Å². The highest BCUT2D eigenvalue weighted by atomic mass is 32.1. The normalized spacial score (nSPS) is 21.9. The van der Waals surface area contributed by atoms with Crippen LogP contribution >= 0.6 is 11.3 Å². The highest BCUT2D eigenvalue weighted by Gasteiger charge is 2.46. The Hall–Kier alpha value is -2.25. The van der Waals surface area contributed by atoms with E-state index in [2.05, 4.69) is 25.8 Å².